The van der Waals surface area contributed by atoms with Gasteiger partial charge in [-0.05, 0) is 39.5 Å². The summed E-state index contributed by atoms with van der Waals surface area (Å²) >= 11 is 4.16. The Kier molecular flexibility index (Phi) is 4.02. The molecule has 1 aromatic heterocycles. The Morgan fingerprint density at radius 1 is 1.30 bits per heavy atom. The fraction of sp³-hybridized carbons (Fsp3) is 0. The van der Waals surface area contributed by atoms with Gasteiger partial charge >= 0.3 is 5.97 Å². The van der Waals surface area contributed by atoms with E-state index in [1.54, 1.807) is 11.4 Å². The normalized spacial score (nSPS) is 11.2. The first-order valence-corrected chi connectivity index (χ1v) is 8.29. The molecule has 1 heterocycles. The second kappa shape index (κ2) is 5.43. The zero-order chi connectivity index (χ0) is 14.9. The van der Waals surface area contributed by atoms with Crippen LogP contribution in [0.15, 0.2) is 38.3 Å². The Balaban J connectivity index is 2.33. The van der Waals surface area contributed by atoms with Crippen molar-refractivity contribution in [3.63, 3.8) is 0 Å². The molecule has 0 radical (unpaired) electrons. The van der Waals surface area contributed by atoms with Crippen molar-refractivity contribution < 1.29 is 23.4 Å². The summed E-state index contributed by atoms with van der Waals surface area (Å²) in [7, 11) is -3.79. The van der Waals surface area contributed by atoms with Crippen molar-refractivity contribution in [2.75, 3.05) is 4.72 Å². The monoisotopic (exact) mass is 377 g/mol. The van der Waals surface area contributed by atoms with E-state index in [0.717, 1.165) is 23.5 Å². The summed E-state index contributed by atoms with van der Waals surface area (Å²) in [6.07, 6.45) is 0. The molecule has 9 heteroatoms. The number of phenols is 1. The maximum atomic E-state index is 12.1. The van der Waals surface area contributed by atoms with E-state index in [4.69, 9.17) is 5.11 Å². The SMILES string of the molecule is O=C(O)c1ccc(NS(=O)(=O)c2sccc2Br)cc1O. The van der Waals surface area contributed by atoms with Crippen LogP contribution in [0.3, 0.4) is 0 Å². The lowest BCUT2D eigenvalue weighted by atomic mass is 10.2. The van der Waals surface area contributed by atoms with Crippen LogP contribution in [-0.2, 0) is 10.0 Å². The molecule has 20 heavy (non-hydrogen) atoms. The molecular weight excluding hydrogens is 370 g/mol. The van der Waals surface area contributed by atoms with Gasteiger partial charge in [0.1, 0.15) is 11.3 Å². The summed E-state index contributed by atoms with van der Waals surface area (Å²) in [6.45, 7) is 0. The molecule has 0 aliphatic carbocycles. The average molecular weight is 378 g/mol. The number of carboxylic acid groups (broad SMARTS) is 1. The van der Waals surface area contributed by atoms with Crippen molar-refractivity contribution >= 4 is 48.9 Å². The molecule has 0 saturated carbocycles. The lowest BCUT2D eigenvalue weighted by Gasteiger charge is -2.08. The second-order valence-electron chi connectivity index (χ2n) is 3.70. The van der Waals surface area contributed by atoms with E-state index >= 15 is 0 Å². The molecule has 0 unspecified atom stereocenters. The molecule has 0 bridgehead atoms. The standard InChI is InChI=1S/C11H8BrNO5S2/c12-8-3-4-19-11(8)20(17,18)13-6-1-2-7(10(15)16)9(14)5-6/h1-5,13-14H,(H,15,16). The third-order valence-corrected chi connectivity index (χ3v) is 6.36. The molecule has 2 aromatic rings. The third-order valence-electron chi connectivity index (χ3n) is 2.31. The minimum atomic E-state index is -3.79. The van der Waals surface area contributed by atoms with Crippen LogP contribution in [0.4, 0.5) is 5.69 Å². The Morgan fingerprint density at radius 3 is 2.50 bits per heavy atom. The molecule has 2 rings (SSSR count). The Bertz CT molecular complexity index is 769. The van der Waals surface area contributed by atoms with Gasteiger partial charge in [0.15, 0.2) is 4.21 Å². The second-order valence-corrected chi connectivity index (χ2v) is 7.35. The van der Waals surface area contributed by atoms with Crippen LogP contribution >= 0.6 is 27.3 Å². The average Bonchev–Trinajstić information content (AvgIpc) is 2.75. The highest BCUT2D eigenvalue weighted by atomic mass is 79.9. The molecule has 0 aliphatic rings. The first-order valence-electron chi connectivity index (χ1n) is 5.13. The highest BCUT2D eigenvalue weighted by Crippen LogP contribution is 2.30. The predicted octanol–water partition coefficient (Wildman–Crippen LogP) is 2.72. The number of carboxylic acids is 1. The van der Waals surface area contributed by atoms with Crippen molar-refractivity contribution in [2.45, 2.75) is 4.21 Å². The molecule has 0 atom stereocenters. The number of sulfonamides is 1. The molecule has 1 aromatic carbocycles. The van der Waals surface area contributed by atoms with E-state index in [9.17, 15) is 18.3 Å². The van der Waals surface area contributed by atoms with Gasteiger partial charge in [-0.1, -0.05) is 0 Å². The van der Waals surface area contributed by atoms with Crippen molar-refractivity contribution in [3.8, 4) is 5.75 Å². The number of hydrogen-bond donors (Lipinski definition) is 3. The number of thiophene rings is 1. The Morgan fingerprint density at radius 2 is 2.00 bits per heavy atom. The Labute approximate surface area is 126 Å². The largest absolute Gasteiger partial charge is 0.507 e. The van der Waals surface area contributed by atoms with E-state index in [1.807, 2.05) is 0 Å². The topological polar surface area (TPSA) is 104 Å². The third kappa shape index (κ3) is 2.94. The molecule has 6 nitrogen and oxygen atoms in total. The molecule has 0 amide bonds. The summed E-state index contributed by atoms with van der Waals surface area (Å²) in [5.41, 5.74) is -0.224. The van der Waals surface area contributed by atoms with Crippen molar-refractivity contribution in [2.24, 2.45) is 0 Å². The number of halogens is 1. The van der Waals surface area contributed by atoms with Crippen molar-refractivity contribution in [1.82, 2.24) is 0 Å². The van der Waals surface area contributed by atoms with Crippen LogP contribution in [0.5, 0.6) is 5.75 Å². The quantitative estimate of drug-likeness (QED) is 0.759. The van der Waals surface area contributed by atoms with Crippen LogP contribution in [0.25, 0.3) is 0 Å². The maximum Gasteiger partial charge on any atom is 0.339 e. The number of benzene rings is 1. The summed E-state index contributed by atoms with van der Waals surface area (Å²) < 4.78 is 27.0. The first kappa shape index (κ1) is 14.8. The minimum absolute atomic E-state index is 0.0767. The number of anilines is 1. The molecule has 0 fully saturated rings. The van der Waals surface area contributed by atoms with E-state index in [2.05, 4.69) is 20.7 Å². The van der Waals surface area contributed by atoms with Crippen LogP contribution in [0.1, 0.15) is 10.4 Å². The van der Waals surface area contributed by atoms with E-state index < -0.39 is 21.7 Å². The van der Waals surface area contributed by atoms with E-state index in [0.29, 0.717) is 4.47 Å². The Hall–Kier alpha value is -1.58. The highest BCUT2D eigenvalue weighted by molar-refractivity contribution is 9.10. The van der Waals surface area contributed by atoms with Crippen molar-refractivity contribution in [1.29, 1.82) is 0 Å². The van der Waals surface area contributed by atoms with E-state index in [1.165, 1.54) is 6.07 Å². The van der Waals surface area contributed by atoms with Gasteiger partial charge in [0, 0.05) is 10.5 Å². The van der Waals surface area contributed by atoms with E-state index in [-0.39, 0.29) is 15.5 Å². The molecule has 0 saturated heterocycles. The molecule has 3 N–H and O–H groups in total. The zero-order valence-corrected chi connectivity index (χ0v) is 12.9. The van der Waals surface area contributed by atoms with Gasteiger partial charge in [-0.3, -0.25) is 4.72 Å². The number of aromatic carboxylic acids is 1. The number of aromatic hydroxyl groups is 1. The number of nitrogens with one attached hydrogen (secondary N) is 1. The van der Waals surface area contributed by atoms with Crippen LogP contribution < -0.4 is 4.72 Å². The van der Waals surface area contributed by atoms with Crippen LogP contribution in [0.2, 0.25) is 0 Å². The molecule has 0 aliphatic heterocycles. The number of carbonyl (C=O) groups is 1. The highest BCUT2D eigenvalue weighted by Gasteiger charge is 2.20. The number of hydrogen-bond acceptors (Lipinski definition) is 5. The van der Waals surface area contributed by atoms with Gasteiger partial charge in [0.05, 0.1) is 5.69 Å². The molecular formula is C11H8BrNO5S2. The fourth-order valence-corrected chi connectivity index (χ4v) is 4.84. The van der Waals surface area contributed by atoms with Gasteiger partial charge in [0.2, 0.25) is 0 Å². The first-order chi connectivity index (χ1) is 9.31. The molecule has 0 spiro atoms. The lowest BCUT2D eigenvalue weighted by molar-refractivity contribution is 0.0694. The van der Waals surface area contributed by atoms with Gasteiger partial charge in [-0.2, -0.15) is 0 Å². The summed E-state index contributed by atoms with van der Waals surface area (Å²) in [5.74, 6) is -1.80. The maximum absolute atomic E-state index is 12.1. The fourth-order valence-electron chi connectivity index (χ4n) is 1.45. The summed E-state index contributed by atoms with van der Waals surface area (Å²) in [5, 5.41) is 19.9. The summed E-state index contributed by atoms with van der Waals surface area (Å²) in [4.78, 5) is 10.7. The van der Waals surface area contributed by atoms with Crippen LogP contribution in [0, 0.1) is 0 Å². The summed E-state index contributed by atoms with van der Waals surface area (Å²) in [6, 6.07) is 5.04. The lowest BCUT2D eigenvalue weighted by Crippen LogP contribution is -2.12. The van der Waals surface area contributed by atoms with Gasteiger partial charge in [-0.15, -0.1) is 11.3 Å². The van der Waals surface area contributed by atoms with Gasteiger partial charge in [-0.25, -0.2) is 13.2 Å². The van der Waals surface area contributed by atoms with Crippen LogP contribution in [-0.4, -0.2) is 24.6 Å². The zero-order valence-electron chi connectivity index (χ0n) is 9.70. The predicted molar refractivity (Wildman–Crippen MR) is 77.9 cm³/mol. The van der Waals surface area contributed by atoms with Gasteiger partial charge in [0.25, 0.3) is 10.0 Å². The van der Waals surface area contributed by atoms with Gasteiger partial charge < -0.3 is 10.2 Å². The smallest absolute Gasteiger partial charge is 0.339 e. The number of rotatable bonds is 4. The minimum Gasteiger partial charge on any atom is -0.507 e. The molecule has 106 valence electrons. The van der Waals surface area contributed by atoms with Crippen molar-refractivity contribution in [3.05, 3.63) is 39.7 Å².